The number of benzene rings is 2. The van der Waals surface area contributed by atoms with Crippen molar-refractivity contribution in [1.29, 1.82) is 0 Å². The van der Waals surface area contributed by atoms with Gasteiger partial charge >= 0.3 is 0 Å². The van der Waals surface area contributed by atoms with Gasteiger partial charge in [-0.15, -0.1) is 0 Å². The van der Waals surface area contributed by atoms with Crippen molar-refractivity contribution in [2.24, 2.45) is 0 Å². The van der Waals surface area contributed by atoms with Crippen LogP contribution in [0.4, 0.5) is 0 Å². The molecule has 0 radical (unpaired) electrons. The van der Waals surface area contributed by atoms with E-state index in [2.05, 4.69) is 63.5 Å². The zero-order chi connectivity index (χ0) is 29.2. The number of rotatable bonds is 11. The molecule has 0 unspecified atom stereocenters. The molecule has 4 rings (SSSR count). The summed E-state index contributed by atoms with van der Waals surface area (Å²) in [4.78, 5) is 0.306. The van der Waals surface area contributed by atoms with E-state index in [0.717, 1.165) is 35.5 Å². The van der Waals surface area contributed by atoms with Gasteiger partial charge in [0.15, 0.2) is 11.5 Å². The van der Waals surface area contributed by atoms with Crippen molar-refractivity contribution < 1.29 is 22.3 Å². The maximum absolute atomic E-state index is 14.2. The minimum atomic E-state index is -3.79. The first-order valence-corrected chi connectivity index (χ1v) is 19.1. The van der Waals surface area contributed by atoms with Gasteiger partial charge in [0, 0.05) is 24.2 Å². The van der Waals surface area contributed by atoms with E-state index in [1.54, 1.807) is 16.4 Å². The molecule has 2 atom stereocenters. The Hall–Kier alpha value is -1.81. The number of ether oxygens (including phenoxy) is 2. The number of allylic oxidation sites excluding steroid dienone is 1. The second-order valence-electron chi connectivity index (χ2n) is 11.9. The zero-order valence-corrected chi connectivity index (χ0v) is 28.2. The smallest absolute Gasteiger partial charge is 0.258 e. The molecule has 0 bridgehead atoms. The first-order chi connectivity index (χ1) is 18.9. The van der Waals surface area contributed by atoms with Gasteiger partial charge in [-0.1, -0.05) is 81.2 Å². The molecule has 0 saturated heterocycles. The van der Waals surface area contributed by atoms with Crippen LogP contribution in [-0.4, -0.2) is 45.8 Å². The van der Waals surface area contributed by atoms with Crippen LogP contribution >= 0.6 is 15.9 Å². The highest BCUT2D eigenvalue weighted by Crippen LogP contribution is 2.47. The molecule has 1 heterocycles. The van der Waals surface area contributed by atoms with E-state index in [-0.39, 0.29) is 12.7 Å². The van der Waals surface area contributed by atoms with Gasteiger partial charge in [-0.05, 0) is 65.9 Å². The average molecular weight is 651 g/mol. The maximum atomic E-state index is 14.2. The lowest BCUT2D eigenvalue weighted by atomic mass is 9.83. The molecule has 0 spiro atoms. The molecule has 1 aliphatic heterocycles. The summed E-state index contributed by atoms with van der Waals surface area (Å²) in [7, 11) is -6.00. The van der Waals surface area contributed by atoms with Crippen molar-refractivity contribution in [3.8, 4) is 11.5 Å². The average Bonchev–Trinajstić information content (AvgIpc) is 3.38. The van der Waals surface area contributed by atoms with Gasteiger partial charge in [-0.25, -0.2) is 8.42 Å². The molecule has 220 valence electrons. The van der Waals surface area contributed by atoms with E-state index in [0.29, 0.717) is 39.1 Å². The molecular weight excluding hydrogens is 606 g/mol. The topological polar surface area (TPSA) is 65.1 Å². The van der Waals surface area contributed by atoms with Crippen molar-refractivity contribution in [1.82, 2.24) is 4.31 Å². The van der Waals surface area contributed by atoms with Crippen LogP contribution in [0.1, 0.15) is 71.4 Å². The highest BCUT2D eigenvalue weighted by atomic mass is 79.9. The monoisotopic (exact) mass is 649 g/mol. The third-order valence-corrected chi connectivity index (χ3v) is 16.9. The Morgan fingerprint density at radius 3 is 2.20 bits per heavy atom. The highest BCUT2D eigenvalue weighted by Gasteiger charge is 2.48. The molecule has 6 nitrogen and oxygen atoms in total. The second kappa shape index (κ2) is 12.6. The quantitative estimate of drug-likeness (QED) is 0.182. The molecule has 40 heavy (non-hydrogen) atoms. The van der Waals surface area contributed by atoms with Crippen molar-refractivity contribution in [3.05, 3.63) is 65.4 Å². The van der Waals surface area contributed by atoms with Gasteiger partial charge in [0.05, 0.1) is 16.7 Å². The molecule has 2 aliphatic rings. The van der Waals surface area contributed by atoms with E-state index in [9.17, 15) is 8.42 Å². The number of fused-ring (bicyclic) bond motifs is 1. The molecule has 9 heteroatoms. The molecule has 2 aromatic rings. The maximum Gasteiger partial charge on any atom is 0.258 e. The van der Waals surface area contributed by atoms with Crippen LogP contribution in [0, 0.1) is 6.92 Å². The predicted molar refractivity (Wildman–Crippen MR) is 167 cm³/mol. The third kappa shape index (κ3) is 6.03. The van der Waals surface area contributed by atoms with E-state index < -0.39 is 24.4 Å². The zero-order valence-electron chi connectivity index (χ0n) is 24.8. The van der Waals surface area contributed by atoms with Gasteiger partial charge in [0.1, 0.15) is 0 Å². The number of sulfonamides is 1. The predicted octanol–water partition coefficient (Wildman–Crippen LogP) is 8.13. The summed E-state index contributed by atoms with van der Waals surface area (Å²) in [5.74, 6) is 2.31. The number of hydrogen-bond donors (Lipinski definition) is 0. The molecule has 1 aliphatic carbocycles. The number of hydrogen-bond acceptors (Lipinski definition) is 5. The highest BCUT2D eigenvalue weighted by molar-refractivity contribution is 9.09. The van der Waals surface area contributed by atoms with E-state index in [1.165, 1.54) is 0 Å². The first kappa shape index (κ1) is 31.1. The summed E-state index contributed by atoms with van der Waals surface area (Å²) in [5, 5.41) is 0.523. The summed E-state index contributed by atoms with van der Waals surface area (Å²) in [6.07, 6.45) is 3.66. The molecule has 0 fully saturated rings. The SMILES string of the molecule is Cc1ccc(S(=O)(=O)N(CCBr)[C@H]2C=C(O[Si](C(C)C)(C(C)C)C(C)C)CC[C@@H]2c2ccc3c(c2)OCO3)cc1. The van der Waals surface area contributed by atoms with Crippen LogP contribution in [0.2, 0.25) is 16.6 Å². The fraction of sp³-hybridized carbons (Fsp3) is 0.548. The largest absolute Gasteiger partial charge is 0.546 e. The fourth-order valence-electron chi connectivity index (χ4n) is 6.67. The Labute approximate surface area is 250 Å². The van der Waals surface area contributed by atoms with E-state index in [4.69, 9.17) is 13.9 Å². The first-order valence-electron chi connectivity index (χ1n) is 14.4. The molecule has 0 saturated carbocycles. The van der Waals surface area contributed by atoms with Crippen molar-refractivity contribution in [2.45, 2.75) is 94.8 Å². The van der Waals surface area contributed by atoms with E-state index >= 15 is 0 Å². The minimum absolute atomic E-state index is 0.0608. The van der Waals surface area contributed by atoms with Gasteiger partial charge in [0.25, 0.3) is 8.32 Å². The molecule has 0 amide bonds. The normalized spacial score (nSPS) is 19.6. The number of halogens is 1. The number of nitrogens with zero attached hydrogens (tertiary/aromatic N) is 1. The summed E-state index contributed by atoms with van der Waals surface area (Å²) in [5.41, 5.74) is 3.34. The summed E-state index contributed by atoms with van der Waals surface area (Å²) >= 11 is 3.54. The molecule has 2 aromatic carbocycles. The summed E-state index contributed by atoms with van der Waals surface area (Å²) in [6, 6.07) is 12.7. The standard InChI is InChI=1S/C31H44BrNO5SSi/c1-21(2)40(22(3)4,23(5)6)38-26-11-14-28(25-10-15-30-31(18-25)37-20-36-30)29(19-26)33(17-16-32)39(34,35)27-12-8-24(7)9-13-27/h8-10,12-13,15,18-19,21-23,28-29H,11,14,16-17,20H2,1-7H3/t28-,29+/m1/s1. The second-order valence-corrected chi connectivity index (χ2v) is 20.0. The lowest BCUT2D eigenvalue weighted by Gasteiger charge is -2.45. The van der Waals surface area contributed by atoms with Gasteiger partial charge in [-0.3, -0.25) is 0 Å². The van der Waals surface area contributed by atoms with E-state index in [1.807, 2.05) is 37.3 Å². The fourth-order valence-corrected chi connectivity index (χ4v) is 14.2. The Kier molecular flexibility index (Phi) is 9.80. The van der Waals surface area contributed by atoms with Crippen LogP contribution < -0.4 is 9.47 Å². The molecule has 0 aromatic heterocycles. The third-order valence-electron chi connectivity index (χ3n) is 8.58. The lowest BCUT2D eigenvalue weighted by Crippen LogP contribution is -2.49. The van der Waals surface area contributed by atoms with Crippen molar-refractivity contribution >= 4 is 34.3 Å². The van der Waals surface area contributed by atoms with Crippen LogP contribution in [-0.2, 0) is 14.4 Å². The van der Waals surface area contributed by atoms with Crippen molar-refractivity contribution in [3.63, 3.8) is 0 Å². The van der Waals surface area contributed by atoms with Gasteiger partial charge in [-0.2, -0.15) is 4.31 Å². The van der Waals surface area contributed by atoms with Gasteiger partial charge in [0.2, 0.25) is 16.8 Å². The van der Waals surface area contributed by atoms with Crippen LogP contribution in [0.3, 0.4) is 0 Å². The number of aryl methyl sites for hydroxylation is 1. The Balaban J connectivity index is 1.83. The molecular formula is C31H44BrNO5SSi. The lowest BCUT2D eigenvalue weighted by molar-refractivity contribution is 0.174. The molecule has 0 N–H and O–H groups in total. The van der Waals surface area contributed by atoms with Crippen LogP contribution in [0.5, 0.6) is 11.5 Å². The Morgan fingerprint density at radius 2 is 1.60 bits per heavy atom. The van der Waals surface area contributed by atoms with Crippen LogP contribution in [0.15, 0.2) is 59.2 Å². The number of alkyl halides is 1. The Morgan fingerprint density at radius 1 is 0.975 bits per heavy atom. The summed E-state index contributed by atoms with van der Waals surface area (Å²) < 4.78 is 48.5. The summed E-state index contributed by atoms with van der Waals surface area (Å²) in [6.45, 7) is 16.2. The van der Waals surface area contributed by atoms with Crippen LogP contribution in [0.25, 0.3) is 0 Å². The van der Waals surface area contributed by atoms with Crippen molar-refractivity contribution in [2.75, 3.05) is 18.7 Å². The minimum Gasteiger partial charge on any atom is -0.546 e. The Bertz CT molecular complexity index is 1290. The van der Waals surface area contributed by atoms with Gasteiger partial charge < -0.3 is 13.9 Å².